The average molecular weight is 239 g/mol. The molecule has 1 aliphatic carbocycles. The maximum absolute atomic E-state index is 5.62. The van der Waals surface area contributed by atoms with Crippen LogP contribution in [0.5, 0.6) is 0 Å². The number of thiazole rings is 1. The smallest absolute Gasteiger partial charge is 0.185 e. The number of nitrogens with zero attached hydrogens (tertiary/aromatic N) is 2. The molecule has 1 saturated carbocycles. The molecule has 0 bridgehead atoms. The summed E-state index contributed by atoms with van der Waals surface area (Å²) in [5.41, 5.74) is 6.75. The molecule has 90 valence electrons. The molecule has 0 atom stereocenters. The summed E-state index contributed by atoms with van der Waals surface area (Å²) < 4.78 is 0. The highest BCUT2D eigenvalue weighted by Gasteiger charge is 2.24. The summed E-state index contributed by atoms with van der Waals surface area (Å²) in [6, 6.07) is 0.706. The van der Waals surface area contributed by atoms with Gasteiger partial charge in [-0.3, -0.25) is 0 Å². The number of anilines is 1. The van der Waals surface area contributed by atoms with Crippen LogP contribution in [0.25, 0.3) is 0 Å². The first-order valence-corrected chi connectivity index (χ1v) is 7.08. The first-order valence-electron chi connectivity index (χ1n) is 6.20. The van der Waals surface area contributed by atoms with E-state index in [1.54, 1.807) is 11.3 Å². The quantitative estimate of drug-likeness (QED) is 0.858. The lowest BCUT2D eigenvalue weighted by molar-refractivity contribution is 0.591. The van der Waals surface area contributed by atoms with Crippen molar-refractivity contribution in [2.75, 3.05) is 18.0 Å². The van der Waals surface area contributed by atoms with Crippen molar-refractivity contribution in [3.63, 3.8) is 0 Å². The van der Waals surface area contributed by atoms with Crippen molar-refractivity contribution in [1.82, 2.24) is 4.98 Å². The Bertz CT molecular complexity index is 318. The van der Waals surface area contributed by atoms with Gasteiger partial charge < -0.3 is 10.6 Å². The molecule has 0 spiro atoms. The third-order valence-electron chi connectivity index (χ3n) is 3.22. The Labute approximate surface area is 102 Å². The van der Waals surface area contributed by atoms with E-state index >= 15 is 0 Å². The zero-order valence-electron chi connectivity index (χ0n) is 9.98. The van der Waals surface area contributed by atoms with E-state index in [2.05, 4.69) is 22.2 Å². The highest BCUT2D eigenvalue weighted by molar-refractivity contribution is 7.13. The van der Waals surface area contributed by atoms with Gasteiger partial charge in [0.1, 0.15) is 0 Å². The lowest BCUT2D eigenvalue weighted by Gasteiger charge is -2.28. The van der Waals surface area contributed by atoms with Crippen molar-refractivity contribution in [2.45, 2.75) is 45.1 Å². The van der Waals surface area contributed by atoms with E-state index in [1.165, 1.54) is 30.8 Å². The van der Waals surface area contributed by atoms with E-state index in [0.29, 0.717) is 6.04 Å². The summed E-state index contributed by atoms with van der Waals surface area (Å²) in [7, 11) is 0. The van der Waals surface area contributed by atoms with Crippen molar-refractivity contribution in [3.05, 3.63) is 11.1 Å². The maximum Gasteiger partial charge on any atom is 0.185 e. The first-order chi connectivity index (χ1) is 7.81. The van der Waals surface area contributed by atoms with Crippen LogP contribution in [-0.4, -0.2) is 24.1 Å². The van der Waals surface area contributed by atoms with Gasteiger partial charge >= 0.3 is 0 Å². The van der Waals surface area contributed by atoms with E-state index < -0.39 is 0 Å². The van der Waals surface area contributed by atoms with E-state index in [0.717, 1.165) is 25.2 Å². The molecule has 0 radical (unpaired) electrons. The maximum atomic E-state index is 5.62. The van der Waals surface area contributed by atoms with Gasteiger partial charge in [-0.15, -0.1) is 11.3 Å². The topological polar surface area (TPSA) is 42.1 Å². The van der Waals surface area contributed by atoms with E-state index in [4.69, 9.17) is 5.73 Å². The van der Waals surface area contributed by atoms with Gasteiger partial charge in [-0.1, -0.05) is 12.8 Å². The Morgan fingerprint density at radius 1 is 1.50 bits per heavy atom. The van der Waals surface area contributed by atoms with Crippen LogP contribution < -0.4 is 10.6 Å². The van der Waals surface area contributed by atoms with E-state index in [9.17, 15) is 0 Å². The van der Waals surface area contributed by atoms with Gasteiger partial charge in [-0.2, -0.15) is 0 Å². The molecule has 0 amide bonds. The zero-order valence-corrected chi connectivity index (χ0v) is 10.8. The molecule has 2 rings (SSSR count). The number of rotatable bonds is 5. The summed E-state index contributed by atoms with van der Waals surface area (Å²) in [6.45, 7) is 3.90. The van der Waals surface area contributed by atoms with Crippen LogP contribution in [0.2, 0.25) is 0 Å². The molecule has 0 unspecified atom stereocenters. The predicted octanol–water partition coefficient (Wildman–Crippen LogP) is 2.55. The summed E-state index contributed by atoms with van der Waals surface area (Å²) in [5.74, 6) is 0. The van der Waals surface area contributed by atoms with Crippen LogP contribution in [0.15, 0.2) is 5.38 Å². The molecule has 2 N–H and O–H groups in total. The molecule has 1 aromatic rings. The predicted molar refractivity (Wildman–Crippen MR) is 70.1 cm³/mol. The molecule has 16 heavy (non-hydrogen) atoms. The highest BCUT2D eigenvalue weighted by Crippen LogP contribution is 2.30. The second kappa shape index (κ2) is 5.64. The Kier molecular flexibility index (Phi) is 4.18. The van der Waals surface area contributed by atoms with Crippen LogP contribution in [0.4, 0.5) is 5.13 Å². The standard InChI is InChI=1S/C12H21N3S/c1-10-9-16-12(14-10)15(8-4-7-13)11-5-2-3-6-11/h9,11H,2-8,13H2,1H3. The monoisotopic (exact) mass is 239 g/mol. The highest BCUT2D eigenvalue weighted by atomic mass is 32.1. The Hall–Kier alpha value is -0.610. The number of aryl methyl sites for hydroxylation is 1. The van der Waals surface area contributed by atoms with Gasteiger partial charge in [-0.05, 0) is 32.7 Å². The number of hydrogen-bond acceptors (Lipinski definition) is 4. The van der Waals surface area contributed by atoms with Crippen LogP contribution in [0.1, 0.15) is 37.8 Å². The Balaban J connectivity index is 2.06. The molecule has 1 aliphatic rings. The fraction of sp³-hybridized carbons (Fsp3) is 0.750. The molecule has 1 heterocycles. The average Bonchev–Trinajstić information content (AvgIpc) is 2.91. The van der Waals surface area contributed by atoms with Crippen molar-refractivity contribution in [1.29, 1.82) is 0 Å². The largest absolute Gasteiger partial charge is 0.345 e. The molecule has 1 aromatic heterocycles. The van der Waals surface area contributed by atoms with Gasteiger partial charge in [0.05, 0.1) is 5.69 Å². The summed E-state index contributed by atoms with van der Waals surface area (Å²) in [5, 5.41) is 3.33. The van der Waals surface area contributed by atoms with Gasteiger partial charge in [0, 0.05) is 18.0 Å². The molecule has 1 fully saturated rings. The molecular weight excluding hydrogens is 218 g/mol. The third kappa shape index (κ3) is 2.74. The molecule has 4 heteroatoms. The molecule has 0 aromatic carbocycles. The van der Waals surface area contributed by atoms with Gasteiger partial charge in [0.2, 0.25) is 0 Å². The van der Waals surface area contributed by atoms with Crippen molar-refractivity contribution in [3.8, 4) is 0 Å². The van der Waals surface area contributed by atoms with Crippen molar-refractivity contribution in [2.24, 2.45) is 5.73 Å². The summed E-state index contributed by atoms with van der Waals surface area (Å²) in [6.07, 6.45) is 6.45. The minimum atomic E-state index is 0.706. The van der Waals surface area contributed by atoms with Crippen LogP contribution in [0.3, 0.4) is 0 Å². The molecule has 0 aliphatic heterocycles. The Morgan fingerprint density at radius 2 is 2.25 bits per heavy atom. The molecule has 3 nitrogen and oxygen atoms in total. The van der Waals surface area contributed by atoms with Gasteiger partial charge in [-0.25, -0.2) is 4.98 Å². The van der Waals surface area contributed by atoms with Crippen molar-refractivity contribution < 1.29 is 0 Å². The SMILES string of the molecule is Cc1csc(N(CCCN)C2CCCC2)n1. The minimum Gasteiger partial charge on any atom is -0.345 e. The lowest BCUT2D eigenvalue weighted by atomic mass is 10.2. The normalized spacial score (nSPS) is 16.9. The van der Waals surface area contributed by atoms with E-state index in [1.807, 2.05) is 0 Å². The second-order valence-corrected chi connectivity index (χ2v) is 5.38. The number of aromatic nitrogens is 1. The third-order valence-corrected chi connectivity index (χ3v) is 4.22. The van der Waals surface area contributed by atoms with Crippen LogP contribution in [0, 0.1) is 6.92 Å². The fourth-order valence-corrected chi connectivity index (χ4v) is 3.29. The molecule has 0 saturated heterocycles. The van der Waals surface area contributed by atoms with E-state index in [-0.39, 0.29) is 0 Å². The van der Waals surface area contributed by atoms with Crippen LogP contribution in [-0.2, 0) is 0 Å². The fourth-order valence-electron chi connectivity index (χ4n) is 2.39. The summed E-state index contributed by atoms with van der Waals surface area (Å²) in [4.78, 5) is 7.10. The Morgan fingerprint density at radius 3 is 2.81 bits per heavy atom. The molecular formula is C12H21N3S. The second-order valence-electron chi connectivity index (χ2n) is 4.55. The summed E-state index contributed by atoms with van der Waals surface area (Å²) >= 11 is 1.77. The minimum absolute atomic E-state index is 0.706. The van der Waals surface area contributed by atoms with Crippen molar-refractivity contribution >= 4 is 16.5 Å². The first kappa shape index (κ1) is 11.9. The van der Waals surface area contributed by atoms with Gasteiger partial charge in [0.15, 0.2) is 5.13 Å². The van der Waals surface area contributed by atoms with Gasteiger partial charge in [0.25, 0.3) is 0 Å². The zero-order chi connectivity index (χ0) is 11.4. The lowest BCUT2D eigenvalue weighted by Crippen LogP contribution is -2.35. The number of nitrogens with two attached hydrogens (primary N) is 1. The number of hydrogen-bond donors (Lipinski definition) is 1. The van der Waals surface area contributed by atoms with Crippen LogP contribution >= 0.6 is 11.3 Å².